The average Bonchev–Trinajstić information content (AvgIpc) is 2.34. The van der Waals surface area contributed by atoms with E-state index >= 15 is 0 Å². The number of hydrogen-bond acceptors (Lipinski definition) is 6. The van der Waals surface area contributed by atoms with Gasteiger partial charge in [-0.05, 0) is 32.2 Å². The molecule has 8 heteroatoms. The molecule has 0 bridgehead atoms. The molecular weight excluding hydrogens is 294 g/mol. The second-order valence-electron chi connectivity index (χ2n) is 5.45. The van der Waals surface area contributed by atoms with E-state index in [1.54, 1.807) is 31.3 Å². The molecule has 0 aromatic carbocycles. The van der Waals surface area contributed by atoms with Crippen molar-refractivity contribution in [2.75, 3.05) is 20.4 Å². The van der Waals surface area contributed by atoms with Gasteiger partial charge in [-0.25, -0.2) is 8.42 Å². The van der Waals surface area contributed by atoms with E-state index in [-0.39, 0.29) is 11.4 Å². The first kappa shape index (κ1) is 17.1. The average molecular weight is 313 g/mol. The Balaban J connectivity index is 3.48. The number of sulfone groups is 1. The number of aromatic nitrogens is 1. The Labute approximate surface area is 124 Å². The van der Waals surface area contributed by atoms with Gasteiger partial charge in [-0.1, -0.05) is 0 Å². The number of nitro groups is 1. The summed E-state index contributed by atoms with van der Waals surface area (Å²) in [5, 5.41) is 11.0. The highest BCUT2D eigenvalue weighted by atomic mass is 32.2. The molecule has 1 aromatic heterocycles. The van der Waals surface area contributed by atoms with E-state index in [2.05, 4.69) is 4.98 Å². The van der Waals surface area contributed by atoms with Gasteiger partial charge in [-0.3, -0.25) is 15.1 Å². The second-order valence-corrected chi connectivity index (χ2v) is 8.01. The maximum absolute atomic E-state index is 11.8. The van der Waals surface area contributed by atoms with Gasteiger partial charge in [0.05, 0.1) is 16.2 Å². The van der Waals surface area contributed by atoms with Gasteiger partial charge in [0, 0.05) is 20.4 Å². The fraction of sp³-hybridized carbons (Fsp3) is 0.462. The minimum absolute atomic E-state index is 0.166. The third-order valence-corrected chi connectivity index (χ3v) is 5.27. The van der Waals surface area contributed by atoms with Crippen LogP contribution in [-0.4, -0.2) is 43.6 Å². The standard InChI is InChI=1S/C13H19N3O4S/c1-13(2,21(5,19)20)12-8-10(6-7-15(3)4)11(9-14-12)16(17)18/h6-9H,1-5H3/b7-6+. The van der Waals surface area contributed by atoms with Crippen molar-refractivity contribution >= 4 is 21.6 Å². The molecule has 1 rings (SSSR count). The lowest BCUT2D eigenvalue weighted by Crippen LogP contribution is -2.29. The van der Waals surface area contributed by atoms with Crippen LogP contribution in [0.15, 0.2) is 18.5 Å². The van der Waals surface area contributed by atoms with Gasteiger partial charge < -0.3 is 4.90 Å². The second kappa shape index (κ2) is 5.80. The van der Waals surface area contributed by atoms with Crippen LogP contribution in [0.2, 0.25) is 0 Å². The van der Waals surface area contributed by atoms with Crippen LogP contribution in [0.1, 0.15) is 25.1 Å². The summed E-state index contributed by atoms with van der Waals surface area (Å²) in [7, 11) is 0.162. The smallest absolute Gasteiger partial charge is 0.294 e. The minimum atomic E-state index is -3.40. The first-order valence-corrected chi connectivity index (χ1v) is 8.05. The van der Waals surface area contributed by atoms with Gasteiger partial charge in [-0.2, -0.15) is 0 Å². The molecular formula is C13H19N3O4S. The molecule has 0 fully saturated rings. The molecule has 0 N–H and O–H groups in total. The van der Waals surface area contributed by atoms with E-state index < -0.39 is 19.5 Å². The van der Waals surface area contributed by atoms with Crippen molar-refractivity contribution in [1.82, 2.24) is 9.88 Å². The molecule has 0 aliphatic rings. The molecule has 0 radical (unpaired) electrons. The zero-order chi connectivity index (χ0) is 16.4. The van der Waals surface area contributed by atoms with E-state index in [0.29, 0.717) is 5.56 Å². The van der Waals surface area contributed by atoms with Crippen LogP contribution in [0.5, 0.6) is 0 Å². The molecule has 0 spiro atoms. The van der Waals surface area contributed by atoms with Crippen molar-refractivity contribution < 1.29 is 13.3 Å². The Kier molecular flexibility index (Phi) is 4.72. The van der Waals surface area contributed by atoms with Crippen LogP contribution in [0.25, 0.3) is 6.08 Å². The Bertz CT molecular complexity index is 679. The van der Waals surface area contributed by atoms with Crippen LogP contribution in [0, 0.1) is 10.1 Å². The quantitative estimate of drug-likeness (QED) is 0.608. The molecule has 0 unspecified atom stereocenters. The normalized spacial score (nSPS) is 12.6. The molecule has 1 heterocycles. The van der Waals surface area contributed by atoms with Gasteiger partial charge in [0.2, 0.25) is 0 Å². The monoisotopic (exact) mass is 313 g/mol. The zero-order valence-electron chi connectivity index (χ0n) is 12.7. The predicted molar refractivity (Wildman–Crippen MR) is 81.5 cm³/mol. The summed E-state index contributed by atoms with van der Waals surface area (Å²) < 4.78 is 22.5. The number of rotatable bonds is 5. The maximum atomic E-state index is 11.8. The third-order valence-electron chi connectivity index (χ3n) is 3.21. The third kappa shape index (κ3) is 3.78. The molecule has 116 valence electrons. The van der Waals surface area contributed by atoms with Crippen LogP contribution in [0.4, 0.5) is 5.69 Å². The fourth-order valence-electron chi connectivity index (χ4n) is 1.50. The van der Waals surface area contributed by atoms with E-state index in [0.717, 1.165) is 12.5 Å². The van der Waals surface area contributed by atoms with Crippen molar-refractivity contribution in [3.63, 3.8) is 0 Å². The van der Waals surface area contributed by atoms with Crippen molar-refractivity contribution in [2.24, 2.45) is 0 Å². The summed E-state index contributed by atoms with van der Waals surface area (Å²) in [5.41, 5.74) is 0.422. The molecule has 0 amide bonds. The maximum Gasteiger partial charge on any atom is 0.294 e. The van der Waals surface area contributed by atoms with Crippen LogP contribution < -0.4 is 0 Å². The largest absolute Gasteiger partial charge is 0.383 e. The lowest BCUT2D eigenvalue weighted by molar-refractivity contribution is -0.385. The summed E-state index contributed by atoms with van der Waals surface area (Å²) in [6.07, 6.45) is 5.42. The molecule has 0 saturated carbocycles. The Morgan fingerprint density at radius 3 is 2.38 bits per heavy atom. The van der Waals surface area contributed by atoms with E-state index in [1.807, 2.05) is 0 Å². The number of hydrogen-bond donors (Lipinski definition) is 0. The highest BCUT2D eigenvalue weighted by Crippen LogP contribution is 2.30. The summed E-state index contributed by atoms with van der Waals surface area (Å²) in [4.78, 5) is 16.2. The highest BCUT2D eigenvalue weighted by molar-refractivity contribution is 7.91. The lowest BCUT2D eigenvalue weighted by Gasteiger charge is -2.22. The van der Waals surface area contributed by atoms with E-state index in [4.69, 9.17) is 0 Å². The number of nitrogens with zero attached hydrogens (tertiary/aromatic N) is 3. The highest BCUT2D eigenvalue weighted by Gasteiger charge is 2.34. The molecule has 1 aromatic rings. The van der Waals surface area contributed by atoms with E-state index in [9.17, 15) is 18.5 Å². The SMILES string of the molecule is CN(C)/C=C/c1cc(C(C)(C)S(C)(=O)=O)ncc1[N+](=O)[O-]. The van der Waals surface area contributed by atoms with Crippen LogP contribution >= 0.6 is 0 Å². The van der Waals surface area contributed by atoms with E-state index in [1.165, 1.54) is 19.9 Å². The van der Waals surface area contributed by atoms with Crippen molar-refractivity contribution in [3.05, 3.63) is 39.8 Å². The molecule has 0 saturated heterocycles. The zero-order valence-corrected chi connectivity index (χ0v) is 13.5. The Morgan fingerprint density at radius 1 is 1.38 bits per heavy atom. The van der Waals surface area contributed by atoms with Gasteiger partial charge in [0.25, 0.3) is 5.69 Å². The Morgan fingerprint density at radius 2 is 1.95 bits per heavy atom. The van der Waals surface area contributed by atoms with Crippen molar-refractivity contribution in [2.45, 2.75) is 18.6 Å². The first-order valence-electron chi connectivity index (χ1n) is 6.16. The minimum Gasteiger partial charge on any atom is -0.383 e. The molecule has 21 heavy (non-hydrogen) atoms. The summed E-state index contributed by atoms with van der Waals surface area (Å²) >= 11 is 0. The summed E-state index contributed by atoms with van der Waals surface area (Å²) in [5.74, 6) is 0. The van der Waals surface area contributed by atoms with Gasteiger partial charge >= 0.3 is 0 Å². The van der Waals surface area contributed by atoms with Crippen LogP contribution in [-0.2, 0) is 14.6 Å². The van der Waals surface area contributed by atoms with Gasteiger partial charge in [-0.15, -0.1) is 0 Å². The fourth-order valence-corrected chi connectivity index (χ4v) is 1.99. The molecule has 0 aliphatic carbocycles. The van der Waals surface area contributed by atoms with Crippen molar-refractivity contribution in [1.29, 1.82) is 0 Å². The van der Waals surface area contributed by atoms with Gasteiger partial charge in [0.1, 0.15) is 10.9 Å². The van der Waals surface area contributed by atoms with Crippen molar-refractivity contribution in [3.8, 4) is 0 Å². The first-order chi connectivity index (χ1) is 9.46. The van der Waals surface area contributed by atoms with Crippen LogP contribution in [0.3, 0.4) is 0 Å². The molecule has 7 nitrogen and oxygen atoms in total. The Hall–Kier alpha value is -1.96. The summed E-state index contributed by atoms with van der Waals surface area (Å²) in [6.45, 7) is 3.05. The summed E-state index contributed by atoms with van der Waals surface area (Å²) in [6, 6.07) is 1.44. The molecule has 0 atom stereocenters. The number of pyridine rings is 1. The molecule has 0 aliphatic heterocycles. The topological polar surface area (TPSA) is 93.4 Å². The van der Waals surface area contributed by atoms with Gasteiger partial charge in [0.15, 0.2) is 9.84 Å². The predicted octanol–water partition coefficient (Wildman–Crippen LogP) is 1.80. The lowest BCUT2D eigenvalue weighted by atomic mass is 10.1.